The first-order valence-corrected chi connectivity index (χ1v) is 15.3. The molecule has 2 aromatic heterocycles. The fourth-order valence-corrected chi connectivity index (χ4v) is 5.95. The number of hydrogen-bond acceptors (Lipinski definition) is 4. The molecule has 1 saturated carbocycles. The van der Waals surface area contributed by atoms with E-state index >= 15 is 0 Å². The third kappa shape index (κ3) is 7.14. The Bertz CT molecular complexity index is 1650. The molecular formula is C37H43N5O. The van der Waals surface area contributed by atoms with Gasteiger partial charge in [-0.1, -0.05) is 80.4 Å². The number of carbonyl (C=O) groups excluding carboxylic acids is 1. The van der Waals surface area contributed by atoms with Crippen LogP contribution in [-0.2, 0) is 0 Å². The Kier molecular flexibility index (Phi) is 9.55. The Morgan fingerprint density at radius 1 is 0.860 bits per heavy atom. The van der Waals surface area contributed by atoms with Gasteiger partial charge in [-0.05, 0) is 74.4 Å². The number of anilines is 1. The molecule has 0 atom stereocenters. The Labute approximate surface area is 255 Å². The van der Waals surface area contributed by atoms with Crippen LogP contribution in [-0.4, -0.2) is 41.1 Å². The maximum Gasteiger partial charge on any atom is 0.253 e. The summed E-state index contributed by atoms with van der Waals surface area (Å²) in [7, 11) is 3.99. The van der Waals surface area contributed by atoms with Crippen LogP contribution >= 0.6 is 0 Å². The average molecular weight is 574 g/mol. The van der Waals surface area contributed by atoms with Crippen molar-refractivity contribution in [2.75, 3.05) is 25.5 Å². The minimum atomic E-state index is 0.0352. The van der Waals surface area contributed by atoms with Gasteiger partial charge in [-0.25, -0.2) is 9.97 Å². The van der Waals surface area contributed by atoms with Crippen molar-refractivity contribution in [1.29, 1.82) is 0 Å². The summed E-state index contributed by atoms with van der Waals surface area (Å²) in [5.74, 6) is 3.27. The lowest BCUT2D eigenvalue weighted by Crippen LogP contribution is -2.31. The van der Waals surface area contributed by atoms with Gasteiger partial charge in [0.1, 0.15) is 11.6 Å². The van der Waals surface area contributed by atoms with Gasteiger partial charge in [0.05, 0.1) is 16.8 Å². The number of benzene rings is 3. The van der Waals surface area contributed by atoms with Gasteiger partial charge in [0, 0.05) is 37.4 Å². The molecule has 0 aliphatic heterocycles. The van der Waals surface area contributed by atoms with Gasteiger partial charge in [0.15, 0.2) is 0 Å². The monoisotopic (exact) mass is 573 g/mol. The molecule has 0 saturated heterocycles. The first kappa shape index (κ1) is 30.0. The van der Waals surface area contributed by atoms with E-state index in [1.165, 1.54) is 25.7 Å². The summed E-state index contributed by atoms with van der Waals surface area (Å²) in [4.78, 5) is 23.9. The molecule has 1 N–H and O–H groups in total. The largest absolute Gasteiger partial charge is 0.362 e. The molecule has 0 radical (unpaired) electrons. The molecule has 1 aliphatic rings. The second-order valence-corrected chi connectivity index (χ2v) is 11.9. The van der Waals surface area contributed by atoms with Gasteiger partial charge in [-0.15, -0.1) is 0 Å². The van der Waals surface area contributed by atoms with Gasteiger partial charge in [-0.3, -0.25) is 4.79 Å². The SMILES string of the molecule is Cc1c(C(=O)NCC2CCC(C)CC2)cc(-c2ccccc2)n1-c1ccccc1.Cc1nc(N(C)C)c2ccccc2n1. The van der Waals surface area contributed by atoms with Crippen LogP contribution in [0.1, 0.15) is 54.5 Å². The van der Waals surface area contributed by atoms with Crippen LogP contribution in [0.5, 0.6) is 0 Å². The maximum atomic E-state index is 13.1. The zero-order chi connectivity index (χ0) is 30.3. The molecule has 6 rings (SSSR count). The molecule has 0 spiro atoms. The lowest BCUT2D eigenvalue weighted by atomic mass is 9.83. The van der Waals surface area contributed by atoms with Crippen molar-refractivity contribution in [2.45, 2.75) is 46.5 Å². The summed E-state index contributed by atoms with van der Waals surface area (Å²) in [6.07, 6.45) is 5.01. The highest BCUT2D eigenvalue weighted by atomic mass is 16.1. The molecule has 1 fully saturated rings. The van der Waals surface area contributed by atoms with E-state index < -0.39 is 0 Å². The molecular weight excluding hydrogens is 530 g/mol. The summed E-state index contributed by atoms with van der Waals surface area (Å²) in [5, 5.41) is 4.32. The highest BCUT2D eigenvalue weighted by Crippen LogP contribution is 2.30. The highest BCUT2D eigenvalue weighted by Gasteiger charge is 2.22. The number of fused-ring (bicyclic) bond motifs is 1. The number of nitrogens with zero attached hydrogens (tertiary/aromatic N) is 4. The number of para-hydroxylation sites is 2. The van der Waals surface area contributed by atoms with Gasteiger partial charge < -0.3 is 14.8 Å². The van der Waals surface area contributed by atoms with Gasteiger partial charge >= 0.3 is 0 Å². The third-order valence-electron chi connectivity index (χ3n) is 8.38. The van der Waals surface area contributed by atoms with Crippen LogP contribution in [0.15, 0.2) is 91.0 Å². The number of aromatic nitrogens is 3. The van der Waals surface area contributed by atoms with E-state index in [-0.39, 0.29) is 5.91 Å². The molecule has 6 nitrogen and oxygen atoms in total. The second kappa shape index (κ2) is 13.7. The maximum absolute atomic E-state index is 13.1. The highest BCUT2D eigenvalue weighted by molar-refractivity contribution is 5.97. The minimum Gasteiger partial charge on any atom is -0.362 e. The van der Waals surface area contributed by atoms with Crippen LogP contribution in [0.4, 0.5) is 5.82 Å². The van der Waals surface area contributed by atoms with E-state index in [4.69, 9.17) is 0 Å². The normalized spacial score (nSPS) is 16.3. The molecule has 0 unspecified atom stereocenters. The Balaban J connectivity index is 0.000000220. The van der Waals surface area contributed by atoms with Crippen LogP contribution in [0.25, 0.3) is 27.8 Å². The van der Waals surface area contributed by atoms with E-state index in [0.717, 1.165) is 63.2 Å². The first-order chi connectivity index (χ1) is 20.8. The standard InChI is InChI=1S/C26H30N2O.C11H13N3/c1-19-13-15-21(16-14-19)18-27-26(29)24-17-25(22-9-5-3-6-10-22)28(20(24)2)23-11-7-4-8-12-23;1-8-12-10-7-5-4-6-9(10)11(13-8)14(2)3/h3-12,17,19,21H,13-16,18H2,1-2H3,(H,27,29);4-7H,1-3H3. The van der Waals surface area contributed by atoms with Crippen LogP contribution < -0.4 is 10.2 Å². The van der Waals surface area contributed by atoms with Crippen LogP contribution in [0.2, 0.25) is 0 Å². The van der Waals surface area contributed by atoms with Gasteiger partial charge in [-0.2, -0.15) is 0 Å². The van der Waals surface area contributed by atoms with Crippen molar-refractivity contribution in [3.05, 3.63) is 108 Å². The number of carbonyl (C=O) groups is 1. The fourth-order valence-electron chi connectivity index (χ4n) is 5.95. The van der Waals surface area contributed by atoms with Gasteiger partial charge in [0.2, 0.25) is 0 Å². The Morgan fingerprint density at radius 2 is 1.49 bits per heavy atom. The summed E-state index contributed by atoms with van der Waals surface area (Å²) in [6, 6.07) is 30.6. The lowest BCUT2D eigenvalue weighted by Gasteiger charge is -2.26. The zero-order valence-corrected chi connectivity index (χ0v) is 26.0. The Morgan fingerprint density at radius 3 is 2.16 bits per heavy atom. The predicted octanol–water partition coefficient (Wildman–Crippen LogP) is 8.01. The molecule has 222 valence electrons. The number of rotatable bonds is 6. The molecule has 3 aromatic carbocycles. The van der Waals surface area contributed by atoms with Crippen LogP contribution in [0.3, 0.4) is 0 Å². The predicted molar refractivity (Wildman–Crippen MR) is 178 cm³/mol. The topological polar surface area (TPSA) is 63.1 Å². The third-order valence-corrected chi connectivity index (χ3v) is 8.38. The van der Waals surface area contributed by atoms with Crippen molar-refractivity contribution in [3.8, 4) is 16.9 Å². The summed E-state index contributed by atoms with van der Waals surface area (Å²) in [5.41, 5.74) is 5.97. The van der Waals surface area contributed by atoms with Crippen molar-refractivity contribution in [2.24, 2.45) is 11.8 Å². The molecule has 43 heavy (non-hydrogen) atoms. The van der Waals surface area contributed by atoms with Crippen molar-refractivity contribution in [1.82, 2.24) is 19.9 Å². The van der Waals surface area contributed by atoms with Gasteiger partial charge in [0.25, 0.3) is 5.91 Å². The summed E-state index contributed by atoms with van der Waals surface area (Å²) in [6.45, 7) is 7.06. The Hall–Kier alpha value is -4.45. The smallest absolute Gasteiger partial charge is 0.253 e. The molecule has 2 heterocycles. The number of amides is 1. The van der Waals surface area contributed by atoms with E-state index in [9.17, 15) is 4.79 Å². The number of nitrogens with one attached hydrogen (secondary N) is 1. The summed E-state index contributed by atoms with van der Waals surface area (Å²) >= 11 is 0. The van der Waals surface area contributed by atoms with Crippen LogP contribution in [0, 0.1) is 25.7 Å². The first-order valence-electron chi connectivity index (χ1n) is 15.3. The average Bonchev–Trinajstić information content (AvgIpc) is 3.38. The summed E-state index contributed by atoms with van der Waals surface area (Å²) < 4.78 is 2.19. The quantitative estimate of drug-likeness (QED) is 0.223. The number of aryl methyl sites for hydroxylation is 1. The van der Waals surface area contributed by atoms with Crippen molar-refractivity contribution in [3.63, 3.8) is 0 Å². The number of hydrogen-bond donors (Lipinski definition) is 1. The molecule has 6 heteroatoms. The van der Waals surface area contributed by atoms with E-state index in [2.05, 4.69) is 51.0 Å². The molecule has 1 amide bonds. The molecule has 5 aromatic rings. The van der Waals surface area contributed by atoms with Crippen molar-refractivity contribution < 1.29 is 4.79 Å². The van der Waals surface area contributed by atoms with E-state index in [1.807, 2.05) is 99.6 Å². The zero-order valence-electron chi connectivity index (χ0n) is 26.0. The van der Waals surface area contributed by atoms with Crippen molar-refractivity contribution >= 4 is 22.6 Å². The minimum absolute atomic E-state index is 0.0352. The molecule has 1 aliphatic carbocycles. The van der Waals surface area contributed by atoms with E-state index in [0.29, 0.717) is 5.92 Å². The second-order valence-electron chi connectivity index (χ2n) is 11.9. The fraction of sp³-hybridized carbons (Fsp3) is 0.324. The lowest BCUT2D eigenvalue weighted by molar-refractivity contribution is 0.0941. The van der Waals surface area contributed by atoms with E-state index in [1.54, 1.807) is 0 Å². The molecule has 0 bridgehead atoms.